The van der Waals surface area contributed by atoms with Gasteiger partial charge in [0.25, 0.3) is 0 Å². The standard InChI is InChI=1S/C17H23N3O5/c1-24-16(22)14-13(6-11-25-14)18-15(21)12-4-9-20(10-5-12)17(23)19-7-2-3-8-19/h6,11-12H,2-5,7-10H2,1H3,(H,18,21). The van der Waals surface area contributed by atoms with E-state index < -0.39 is 5.97 Å². The first-order valence-electron chi connectivity index (χ1n) is 8.60. The molecular formula is C17H23N3O5. The summed E-state index contributed by atoms with van der Waals surface area (Å²) in [6.45, 7) is 2.80. The van der Waals surface area contributed by atoms with Gasteiger partial charge in [-0.1, -0.05) is 0 Å². The van der Waals surface area contributed by atoms with Crippen LogP contribution < -0.4 is 5.32 Å². The fourth-order valence-corrected chi connectivity index (χ4v) is 3.33. The van der Waals surface area contributed by atoms with Crippen molar-refractivity contribution in [1.82, 2.24) is 9.80 Å². The van der Waals surface area contributed by atoms with E-state index in [-0.39, 0.29) is 23.6 Å². The van der Waals surface area contributed by atoms with Gasteiger partial charge in [0.2, 0.25) is 11.7 Å². The smallest absolute Gasteiger partial charge is 0.376 e. The number of carbonyl (C=O) groups is 3. The van der Waals surface area contributed by atoms with Gasteiger partial charge in [0.05, 0.1) is 19.1 Å². The summed E-state index contributed by atoms with van der Waals surface area (Å²) in [5.41, 5.74) is 0.312. The van der Waals surface area contributed by atoms with Gasteiger partial charge in [0, 0.05) is 38.2 Å². The number of urea groups is 1. The van der Waals surface area contributed by atoms with Gasteiger partial charge in [-0.15, -0.1) is 0 Å². The predicted octanol–water partition coefficient (Wildman–Crippen LogP) is 1.93. The van der Waals surface area contributed by atoms with Gasteiger partial charge in [-0.3, -0.25) is 4.79 Å². The van der Waals surface area contributed by atoms with Crippen LogP contribution in [0.25, 0.3) is 0 Å². The van der Waals surface area contributed by atoms with Crippen molar-refractivity contribution in [3.63, 3.8) is 0 Å². The normalized spacial score (nSPS) is 18.3. The molecule has 25 heavy (non-hydrogen) atoms. The van der Waals surface area contributed by atoms with Gasteiger partial charge >= 0.3 is 12.0 Å². The average molecular weight is 349 g/mol. The number of rotatable bonds is 3. The fourth-order valence-electron chi connectivity index (χ4n) is 3.33. The highest BCUT2D eigenvalue weighted by atomic mass is 16.5. The van der Waals surface area contributed by atoms with Crippen molar-refractivity contribution in [2.24, 2.45) is 5.92 Å². The van der Waals surface area contributed by atoms with E-state index in [4.69, 9.17) is 4.42 Å². The number of hydrogen-bond acceptors (Lipinski definition) is 5. The van der Waals surface area contributed by atoms with Gasteiger partial charge in [0.15, 0.2) is 0 Å². The van der Waals surface area contributed by atoms with E-state index in [9.17, 15) is 14.4 Å². The number of piperidine rings is 1. The molecule has 1 aromatic heterocycles. The summed E-state index contributed by atoms with van der Waals surface area (Å²) in [5, 5.41) is 2.73. The van der Waals surface area contributed by atoms with Crippen LogP contribution in [0, 0.1) is 5.92 Å². The van der Waals surface area contributed by atoms with Crippen molar-refractivity contribution in [1.29, 1.82) is 0 Å². The van der Waals surface area contributed by atoms with Crippen molar-refractivity contribution in [3.8, 4) is 0 Å². The van der Waals surface area contributed by atoms with Gasteiger partial charge < -0.3 is 24.3 Å². The Balaban J connectivity index is 1.52. The molecule has 0 aromatic carbocycles. The lowest BCUT2D eigenvalue weighted by Crippen LogP contribution is -2.47. The number of anilines is 1. The predicted molar refractivity (Wildman–Crippen MR) is 89.2 cm³/mol. The highest BCUT2D eigenvalue weighted by Gasteiger charge is 2.31. The molecule has 8 nitrogen and oxygen atoms in total. The number of nitrogens with zero attached hydrogens (tertiary/aromatic N) is 2. The van der Waals surface area contributed by atoms with E-state index in [2.05, 4.69) is 10.1 Å². The third kappa shape index (κ3) is 3.78. The lowest BCUT2D eigenvalue weighted by Gasteiger charge is -2.34. The first kappa shape index (κ1) is 17.3. The molecule has 2 saturated heterocycles. The van der Waals surface area contributed by atoms with Crippen molar-refractivity contribution >= 4 is 23.6 Å². The molecule has 2 fully saturated rings. The summed E-state index contributed by atoms with van der Waals surface area (Å²) in [6, 6.07) is 1.61. The number of carbonyl (C=O) groups excluding carboxylic acids is 3. The van der Waals surface area contributed by atoms with Crippen molar-refractivity contribution < 1.29 is 23.5 Å². The van der Waals surface area contributed by atoms with E-state index in [1.807, 2.05) is 9.80 Å². The third-order valence-electron chi connectivity index (χ3n) is 4.81. The van der Waals surface area contributed by atoms with E-state index in [0.717, 1.165) is 25.9 Å². The maximum absolute atomic E-state index is 12.4. The van der Waals surface area contributed by atoms with E-state index in [1.165, 1.54) is 19.4 Å². The van der Waals surface area contributed by atoms with Crippen molar-refractivity contribution in [2.75, 3.05) is 38.6 Å². The zero-order valence-electron chi connectivity index (χ0n) is 14.3. The lowest BCUT2D eigenvalue weighted by molar-refractivity contribution is -0.121. The summed E-state index contributed by atoms with van der Waals surface area (Å²) >= 11 is 0. The molecule has 1 N–H and O–H groups in total. The molecule has 0 atom stereocenters. The van der Waals surface area contributed by atoms with E-state index in [1.54, 1.807) is 0 Å². The topological polar surface area (TPSA) is 92.1 Å². The van der Waals surface area contributed by atoms with Crippen LogP contribution in [0.2, 0.25) is 0 Å². The summed E-state index contributed by atoms with van der Waals surface area (Å²) in [6.07, 6.45) is 4.68. The second-order valence-electron chi connectivity index (χ2n) is 6.38. The monoisotopic (exact) mass is 349 g/mol. The Hall–Kier alpha value is -2.51. The number of methoxy groups -OCH3 is 1. The summed E-state index contributed by atoms with van der Waals surface area (Å²) in [5.74, 6) is -1.01. The third-order valence-corrected chi connectivity index (χ3v) is 4.81. The molecule has 0 aliphatic carbocycles. The zero-order chi connectivity index (χ0) is 17.8. The number of hydrogen-bond donors (Lipinski definition) is 1. The zero-order valence-corrected chi connectivity index (χ0v) is 14.3. The van der Waals surface area contributed by atoms with Crippen LogP contribution in [0.3, 0.4) is 0 Å². The number of esters is 1. The van der Waals surface area contributed by atoms with Gasteiger partial charge in [-0.05, 0) is 25.7 Å². The van der Waals surface area contributed by atoms with Crippen LogP contribution in [-0.2, 0) is 9.53 Å². The Morgan fingerprint density at radius 3 is 2.40 bits per heavy atom. The Morgan fingerprint density at radius 1 is 1.12 bits per heavy atom. The quantitative estimate of drug-likeness (QED) is 0.842. The highest BCUT2D eigenvalue weighted by molar-refractivity contribution is 6.00. The minimum absolute atomic E-state index is 0.0162. The molecule has 1 aromatic rings. The van der Waals surface area contributed by atoms with Crippen molar-refractivity contribution in [2.45, 2.75) is 25.7 Å². The Morgan fingerprint density at radius 2 is 1.76 bits per heavy atom. The number of amides is 3. The van der Waals surface area contributed by atoms with E-state index >= 15 is 0 Å². The summed E-state index contributed by atoms with van der Waals surface area (Å²) in [7, 11) is 1.25. The SMILES string of the molecule is COC(=O)c1occc1NC(=O)C1CCN(C(=O)N2CCCC2)CC1. The molecule has 0 spiro atoms. The molecule has 3 rings (SSSR count). The number of furan rings is 1. The van der Waals surface area contributed by atoms with Crippen LogP contribution in [-0.4, -0.2) is 61.0 Å². The first-order chi connectivity index (χ1) is 12.1. The molecule has 0 radical (unpaired) electrons. The molecule has 3 amide bonds. The van der Waals surface area contributed by atoms with Crippen LogP contribution in [0.4, 0.5) is 10.5 Å². The first-order valence-corrected chi connectivity index (χ1v) is 8.60. The number of likely N-dealkylation sites (tertiary alicyclic amines) is 2. The maximum Gasteiger partial charge on any atom is 0.376 e. The molecule has 136 valence electrons. The number of nitrogens with one attached hydrogen (secondary N) is 1. The minimum Gasteiger partial charge on any atom is -0.463 e. The molecule has 8 heteroatoms. The molecule has 0 unspecified atom stereocenters. The van der Waals surface area contributed by atoms with Crippen LogP contribution >= 0.6 is 0 Å². The number of ether oxygens (including phenoxy) is 1. The average Bonchev–Trinajstić information content (AvgIpc) is 3.32. The lowest BCUT2D eigenvalue weighted by atomic mass is 9.96. The second-order valence-corrected chi connectivity index (χ2v) is 6.38. The molecule has 3 heterocycles. The highest BCUT2D eigenvalue weighted by Crippen LogP contribution is 2.23. The summed E-state index contributed by atoms with van der Waals surface area (Å²) in [4.78, 5) is 40.1. The molecule has 2 aliphatic rings. The van der Waals surface area contributed by atoms with Crippen LogP contribution in [0.1, 0.15) is 36.2 Å². The molecule has 0 bridgehead atoms. The van der Waals surface area contributed by atoms with Crippen molar-refractivity contribution in [3.05, 3.63) is 18.1 Å². The molecule has 2 aliphatic heterocycles. The van der Waals surface area contributed by atoms with Gasteiger partial charge in [0.1, 0.15) is 0 Å². The van der Waals surface area contributed by atoms with Crippen LogP contribution in [0.15, 0.2) is 16.7 Å². The molecular weight excluding hydrogens is 326 g/mol. The molecule has 0 saturated carbocycles. The fraction of sp³-hybridized carbons (Fsp3) is 0.588. The van der Waals surface area contributed by atoms with Crippen LogP contribution in [0.5, 0.6) is 0 Å². The Labute approximate surface area is 146 Å². The van der Waals surface area contributed by atoms with Gasteiger partial charge in [-0.2, -0.15) is 0 Å². The largest absolute Gasteiger partial charge is 0.463 e. The Kier molecular flexibility index (Phi) is 5.25. The minimum atomic E-state index is -0.633. The van der Waals surface area contributed by atoms with Gasteiger partial charge in [-0.25, -0.2) is 9.59 Å². The van der Waals surface area contributed by atoms with E-state index in [0.29, 0.717) is 31.6 Å². The summed E-state index contributed by atoms with van der Waals surface area (Å²) < 4.78 is 9.68. The maximum atomic E-state index is 12.4. The Bertz CT molecular complexity index is 642. The second kappa shape index (κ2) is 7.58.